The second kappa shape index (κ2) is 7.91. The maximum absolute atomic E-state index is 12.3. The molecule has 0 radical (unpaired) electrons. The number of carbonyl (C=O) groups excluding carboxylic acids is 1. The monoisotopic (exact) mass is 394 g/mol. The number of hydrogen-bond donors (Lipinski definition) is 1. The highest BCUT2D eigenvalue weighted by Crippen LogP contribution is 2.28. The molecule has 1 aliphatic heterocycles. The molecule has 6 nitrogen and oxygen atoms in total. The second-order valence-electron chi connectivity index (χ2n) is 5.91. The zero-order chi connectivity index (χ0) is 17.9. The lowest BCUT2D eigenvalue weighted by Crippen LogP contribution is -2.44. The third kappa shape index (κ3) is 5.51. The van der Waals surface area contributed by atoms with Gasteiger partial charge >= 0.3 is 0 Å². The lowest BCUT2D eigenvalue weighted by molar-refractivity contribution is -0.131. The summed E-state index contributed by atoms with van der Waals surface area (Å²) in [6.07, 6.45) is 1.76. The van der Waals surface area contributed by atoms with Gasteiger partial charge in [-0.05, 0) is 18.6 Å². The quantitative estimate of drug-likeness (QED) is 0.793. The molecule has 0 aromatic heterocycles. The van der Waals surface area contributed by atoms with Crippen molar-refractivity contribution in [3.63, 3.8) is 0 Å². The molecule has 0 aliphatic carbocycles. The fourth-order valence-electron chi connectivity index (χ4n) is 2.47. The third-order valence-electron chi connectivity index (χ3n) is 3.77. The third-order valence-corrected chi connectivity index (χ3v) is 5.48. The summed E-state index contributed by atoms with van der Waals surface area (Å²) in [5.74, 6) is 0.237. The second-order valence-corrected chi connectivity index (χ2v) is 8.99. The summed E-state index contributed by atoms with van der Waals surface area (Å²) in [6, 6.07) is 4.18. The maximum atomic E-state index is 12.3. The molecule has 0 saturated carbocycles. The molecular formula is C15H20Cl2N2O4S. The maximum Gasteiger partial charge on any atom is 0.239 e. The van der Waals surface area contributed by atoms with Crippen LogP contribution in [-0.2, 0) is 14.6 Å². The first-order valence-electron chi connectivity index (χ1n) is 7.49. The van der Waals surface area contributed by atoms with Crippen LogP contribution in [-0.4, -0.2) is 56.5 Å². The molecule has 1 heterocycles. The minimum Gasteiger partial charge on any atom is -0.488 e. The van der Waals surface area contributed by atoms with Crippen LogP contribution in [0.1, 0.15) is 12.8 Å². The number of hydrogen-bond acceptors (Lipinski definition) is 5. The van der Waals surface area contributed by atoms with Crippen molar-refractivity contribution in [1.82, 2.24) is 4.90 Å². The Balaban J connectivity index is 1.87. The number of likely N-dealkylation sites (tertiary alicyclic amines) is 1. The summed E-state index contributed by atoms with van der Waals surface area (Å²) in [5, 5.41) is 0.854. The van der Waals surface area contributed by atoms with E-state index in [2.05, 4.69) is 0 Å². The zero-order valence-electron chi connectivity index (χ0n) is 13.2. The van der Waals surface area contributed by atoms with Gasteiger partial charge in [-0.25, -0.2) is 8.42 Å². The predicted molar refractivity (Wildman–Crippen MR) is 94.4 cm³/mol. The van der Waals surface area contributed by atoms with Gasteiger partial charge in [-0.3, -0.25) is 4.79 Å². The normalized spacial score (nSPS) is 19.3. The van der Waals surface area contributed by atoms with E-state index in [0.29, 0.717) is 35.3 Å². The molecule has 1 amide bonds. The van der Waals surface area contributed by atoms with Crippen molar-refractivity contribution in [3.05, 3.63) is 28.2 Å². The van der Waals surface area contributed by atoms with Crippen molar-refractivity contribution in [2.75, 3.05) is 25.1 Å². The lowest BCUT2D eigenvalue weighted by atomic mass is 10.2. The van der Waals surface area contributed by atoms with Crippen LogP contribution in [0.25, 0.3) is 0 Å². The molecule has 2 atom stereocenters. The van der Waals surface area contributed by atoms with Crippen LogP contribution in [0.5, 0.6) is 5.75 Å². The summed E-state index contributed by atoms with van der Waals surface area (Å²) in [6.45, 7) is 0.934. The van der Waals surface area contributed by atoms with Gasteiger partial charge in [0.15, 0.2) is 0 Å². The number of nitrogens with zero attached hydrogens (tertiary/aromatic N) is 1. The Bertz CT molecular complexity index is 711. The lowest BCUT2D eigenvalue weighted by Gasteiger charge is -2.21. The summed E-state index contributed by atoms with van der Waals surface area (Å²) < 4.78 is 28.1. The summed E-state index contributed by atoms with van der Waals surface area (Å²) in [7, 11) is -3.13. The minimum absolute atomic E-state index is 0.100. The number of amides is 1. The predicted octanol–water partition coefficient (Wildman–Crippen LogP) is 1.74. The Morgan fingerprint density at radius 1 is 1.42 bits per heavy atom. The van der Waals surface area contributed by atoms with E-state index in [1.807, 2.05) is 0 Å². The fraction of sp³-hybridized carbons (Fsp3) is 0.533. The van der Waals surface area contributed by atoms with E-state index >= 15 is 0 Å². The molecule has 134 valence electrons. The van der Waals surface area contributed by atoms with Gasteiger partial charge in [-0.15, -0.1) is 0 Å². The van der Waals surface area contributed by atoms with Crippen molar-refractivity contribution in [3.8, 4) is 5.75 Å². The van der Waals surface area contributed by atoms with Crippen LogP contribution in [0.4, 0.5) is 0 Å². The summed E-state index contributed by atoms with van der Waals surface area (Å²) >= 11 is 11.8. The minimum atomic E-state index is -3.13. The SMILES string of the molecule is CS(=O)(=O)CC[C@H](N)C(=O)N1CC[C@@H](Oc2ccc(Cl)c(Cl)c2)C1. The van der Waals surface area contributed by atoms with E-state index in [-0.39, 0.29) is 24.2 Å². The molecule has 1 aromatic carbocycles. The van der Waals surface area contributed by atoms with E-state index in [9.17, 15) is 13.2 Å². The molecule has 2 N–H and O–H groups in total. The van der Waals surface area contributed by atoms with Gasteiger partial charge in [0.1, 0.15) is 21.7 Å². The van der Waals surface area contributed by atoms with E-state index in [1.54, 1.807) is 23.1 Å². The summed E-state index contributed by atoms with van der Waals surface area (Å²) in [4.78, 5) is 13.9. The molecule has 1 fully saturated rings. The largest absolute Gasteiger partial charge is 0.488 e. The highest BCUT2D eigenvalue weighted by Gasteiger charge is 2.30. The van der Waals surface area contributed by atoms with Crippen LogP contribution in [0.2, 0.25) is 10.0 Å². The molecule has 0 unspecified atom stereocenters. The van der Waals surface area contributed by atoms with Crippen LogP contribution >= 0.6 is 23.2 Å². The zero-order valence-corrected chi connectivity index (χ0v) is 15.6. The first-order chi connectivity index (χ1) is 11.2. The van der Waals surface area contributed by atoms with Gasteiger partial charge in [-0.1, -0.05) is 23.2 Å². The van der Waals surface area contributed by atoms with Crippen molar-refractivity contribution in [2.45, 2.75) is 25.0 Å². The topological polar surface area (TPSA) is 89.7 Å². The average Bonchev–Trinajstić information content (AvgIpc) is 2.95. The standard InChI is InChI=1S/C15H20Cl2N2O4S/c1-24(21,22)7-5-14(18)15(20)19-6-4-11(9-19)23-10-2-3-12(16)13(17)8-10/h2-3,8,11,14H,4-7,9,18H2,1H3/t11-,14+/m1/s1. The molecule has 2 rings (SSSR count). The first kappa shape index (κ1) is 19.3. The van der Waals surface area contributed by atoms with Crippen LogP contribution in [0.15, 0.2) is 18.2 Å². The van der Waals surface area contributed by atoms with Crippen molar-refractivity contribution < 1.29 is 17.9 Å². The van der Waals surface area contributed by atoms with Crippen LogP contribution in [0, 0.1) is 0 Å². The highest BCUT2D eigenvalue weighted by molar-refractivity contribution is 7.90. The highest BCUT2D eigenvalue weighted by atomic mass is 35.5. The van der Waals surface area contributed by atoms with Crippen LogP contribution < -0.4 is 10.5 Å². The molecule has 0 spiro atoms. The Labute approximate surface area is 151 Å². The Hall–Kier alpha value is -1.02. The Morgan fingerprint density at radius 3 is 2.75 bits per heavy atom. The van der Waals surface area contributed by atoms with Gasteiger partial charge in [0, 0.05) is 25.3 Å². The van der Waals surface area contributed by atoms with Gasteiger partial charge in [-0.2, -0.15) is 0 Å². The van der Waals surface area contributed by atoms with E-state index < -0.39 is 15.9 Å². The number of benzene rings is 1. The Morgan fingerprint density at radius 2 is 2.12 bits per heavy atom. The summed E-state index contributed by atoms with van der Waals surface area (Å²) in [5.41, 5.74) is 5.81. The van der Waals surface area contributed by atoms with Crippen molar-refractivity contribution in [1.29, 1.82) is 0 Å². The number of sulfone groups is 1. The van der Waals surface area contributed by atoms with Gasteiger partial charge in [0.05, 0.1) is 28.4 Å². The van der Waals surface area contributed by atoms with Gasteiger partial charge < -0.3 is 15.4 Å². The number of halogens is 2. The molecule has 1 aliphatic rings. The van der Waals surface area contributed by atoms with E-state index in [0.717, 1.165) is 6.26 Å². The molecule has 9 heteroatoms. The smallest absolute Gasteiger partial charge is 0.239 e. The first-order valence-corrected chi connectivity index (χ1v) is 10.3. The Kier molecular flexibility index (Phi) is 6.36. The van der Waals surface area contributed by atoms with Crippen molar-refractivity contribution >= 4 is 38.9 Å². The van der Waals surface area contributed by atoms with Crippen LogP contribution in [0.3, 0.4) is 0 Å². The van der Waals surface area contributed by atoms with Gasteiger partial charge in [0.25, 0.3) is 0 Å². The molecule has 0 bridgehead atoms. The average molecular weight is 395 g/mol. The number of carbonyl (C=O) groups is 1. The number of nitrogens with two attached hydrogens (primary N) is 1. The number of rotatable bonds is 6. The van der Waals surface area contributed by atoms with E-state index in [4.69, 9.17) is 33.7 Å². The molecule has 1 aromatic rings. The molecule has 1 saturated heterocycles. The number of ether oxygens (including phenoxy) is 1. The van der Waals surface area contributed by atoms with Crippen molar-refractivity contribution in [2.24, 2.45) is 5.73 Å². The fourth-order valence-corrected chi connectivity index (χ4v) is 3.44. The molecular weight excluding hydrogens is 375 g/mol. The van der Waals surface area contributed by atoms with Gasteiger partial charge in [0.2, 0.25) is 5.91 Å². The molecule has 24 heavy (non-hydrogen) atoms. The van der Waals surface area contributed by atoms with E-state index in [1.165, 1.54) is 0 Å².